The van der Waals surface area contributed by atoms with Gasteiger partial charge in [0.2, 0.25) is 0 Å². The van der Waals surface area contributed by atoms with E-state index in [4.69, 9.17) is 11.6 Å². The zero-order chi connectivity index (χ0) is 22.0. The van der Waals surface area contributed by atoms with Crippen LogP contribution in [0.15, 0.2) is 55.0 Å². The van der Waals surface area contributed by atoms with E-state index in [1.54, 1.807) is 12.1 Å². The zero-order valence-electron chi connectivity index (χ0n) is 15.9. The summed E-state index contributed by atoms with van der Waals surface area (Å²) in [6.07, 6.45) is 0.344. The van der Waals surface area contributed by atoms with Crippen molar-refractivity contribution in [3.63, 3.8) is 0 Å². The number of hydrogen-bond acceptors (Lipinski definition) is 3. The van der Waals surface area contributed by atoms with Gasteiger partial charge in [-0.25, -0.2) is 4.79 Å². The second kappa shape index (κ2) is 8.31. The summed E-state index contributed by atoms with van der Waals surface area (Å²) in [7, 11) is 0. The van der Waals surface area contributed by atoms with Crippen LogP contribution in [0.4, 0.5) is 23.7 Å². The maximum Gasteiger partial charge on any atom is 0.418 e. The van der Waals surface area contributed by atoms with Crippen molar-refractivity contribution < 1.29 is 18.0 Å². The van der Waals surface area contributed by atoms with Crippen LogP contribution < -0.4 is 10.6 Å². The number of alkyl halides is 3. The Labute approximate surface area is 179 Å². The van der Waals surface area contributed by atoms with Gasteiger partial charge < -0.3 is 15.6 Å². The van der Waals surface area contributed by atoms with E-state index in [9.17, 15) is 18.0 Å². The number of anilines is 1. The number of halogens is 4. The van der Waals surface area contributed by atoms with Crippen LogP contribution in [0.5, 0.6) is 0 Å². The maximum absolute atomic E-state index is 13.5. The molecule has 0 aliphatic rings. The summed E-state index contributed by atoms with van der Waals surface area (Å²) in [5.74, 6) is 0. The third-order valence-electron chi connectivity index (χ3n) is 4.62. The lowest BCUT2D eigenvalue weighted by molar-refractivity contribution is -0.136. The molecule has 0 unspecified atom stereocenters. The van der Waals surface area contributed by atoms with Crippen molar-refractivity contribution in [3.05, 3.63) is 71.1 Å². The number of rotatable bonds is 5. The minimum atomic E-state index is -4.67. The summed E-state index contributed by atoms with van der Waals surface area (Å²) in [6.45, 7) is 0.234. The van der Waals surface area contributed by atoms with E-state index in [1.165, 1.54) is 24.5 Å². The molecule has 0 saturated heterocycles. The quantitative estimate of drug-likeness (QED) is 0.410. The normalized spacial score (nSPS) is 11.6. The fourth-order valence-electron chi connectivity index (χ4n) is 3.19. The van der Waals surface area contributed by atoms with Gasteiger partial charge in [0, 0.05) is 28.7 Å². The van der Waals surface area contributed by atoms with Crippen LogP contribution in [-0.4, -0.2) is 32.6 Å². The number of fused-ring (bicyclic) bond motifs is 1. The molecule has 0 spiro atoms. The number of aromatic nitrogens is 4. The van der Waals surface area contributed by atoms with Crippen LogP contribution in [0.1, 0.15) is 11.1 Å². The molecule has 0 saturated carbocycles. The number of hydrogen-bond donors (Lipinski definition) is 3. The Balaban J connectivity index is 1.43. The number of urea groups is 1. The van der Waals surface area contributed by atoms with Crippen molar-refractivity contribution in [2.24, 2.45) is 0 Å². The molecular weight excluding hydrogens is 433 g/mol. The van der Waals surface area contributed by atoms with E-state index in [0.717, 1.165) is 27.3 Å². The molecule has 4 rings (SSSR count). The van der Waals surface area contributed by atoms with Crippen LogP contribution in [0.2, 0.25) is 5.02 Å². The van der Waals surface area contributed by atoms with Gasteiger partial charge in [0.15, 0.2) is 0 Å². The molecule has 2 heterocycles. The van der Waals surface area contributed by atoms with Crippen LogP contribution >= 0.6 is 11.6 Å². The van der Waals surface area contributed by atoms with Gasteiger partial charge in [0.1, 0.15) is 0 Å². The highest BCUT2D eigenvalue weighted by Crippen LogP contribution is 2.36. The first-order valence-corrected chi connectivity index (χ1v) is 9.57. The van der Waals surface area contributed by atoms with Gasteiger partial charge in [-0.05, 0) is 42.3 Å². The van der Waals surface area contributed by atoms with E-state index in [0.29, 0.717) is 11.4 Å². The lowest BCUT2D eigenvalue weighted by Gasteiger charge is -2.15. The Bertz CT molecular complexity index is 1220. The van der Waals surface area contributed by atoms with Gasteiger partial charge in [0.05, 0.1) is 29.3 Å². The molecule has 2 aromatic carbocycles. The van der Waals surface area contributed by atoms with E-state index in [-0.39, 0.29) is 17.9 Å². The Morgan fingerprint density at radius 1 is 1.13 bits per heavy atom. The minimum Gasteiger partial charge on any atom is -0.361 e. The van der Waals surface area contributed by atoms with Crippen LogP contribution in [-0.2, 0) is 12.6 Å². The standard InChI is InChI=1S/C20H16ClF3N6O/c21-13-1-3-15-12(11-26-18(15)9-13)5-6-25-19(31)29-17-4-2-14(30-27-7-8-28-30)10-16(17)20(22,23)24/h1-4,7-11,26H,5-6H2,(H2,25,29,31). The number of aromatic amines is 1. The first-order chi connectivity index (χ1) is 14.8. The highest BCUT2D eigenvalue weighted by atomic mass is 35.5. The van der Waals surface area contributed by atoms with Gasteiger partial charge in [-0.2, -0.15) is 28.2 Å². The second-order valence-electron chi connectivity index (χ2n) is 6.68. The van der Waals surface area contributed by atoms with Gasteiger partial charge in [-0.1, -0.05) is 17.7 Å². The highest BCUT2D eigenvalue weighted by molar-refractivity contribution is 6.31. The number of H-pyrrole nitrogens is 1. The smallest absolute Gasteiger partial charge is 0.361 e. The van der Waals surface area contributed by atoms with Gasteiger partial charge >= 0.3 is 12.2 Å². The summed E-state index contributed by atoms with van der Waals surface area (Å²) >= 11 is 5.96. The molecule has 0 fully saturated rings. The van der Waals surface area contributed by atoms with E-state index in [2.05, 4.69) is 25.8 Å². The Hall–Kier alpha value is -3.53. The van der Waals surface area contributed by atoms with Crippen LogP contribution in [0.25, 0.3) is 16.6 Å². The fourth-order valence-corrected chi connectivity index (χ4v) is 3.36. The summed E-state index contributed by atoms with van der Waals surface area (Å²) < 4.78 is 40.5. The molecule has 0 aliphatic heterocycles. The van der Waals surface area contributed by atoms with Crippen molar-refractivity contribution in [2.45, 2.75) is 12.6 Å². The van der Waals surface area contributed by atoms with Crippen molar-refractivity contribution in [3.8, 4) is 5.69 Å². The molecule has 160 valence electrons. The number of carbonyl (C=O) groups excluding carboxylic acids is 1. The molecule has 2 aromatic heterocycles. The number of benzene rings is 2. The zero-order valence-corrected chi connectivity index (χ0v) is 16.6. The van der Waals surface area contributed by atoms with Gasteiger partial charge in [0.25, 0.3) is 0 Å². The fraction of sp³-hybridized carbons (Fsp3) is 0.150. The SMILES string of the molecule is O=C(NCCc1c[nH]c2cc(Cl)ccc12)Nc1ccc(-n2nccn2)cc1C(F)(F)F. The van der Waals surface area contributed by atoms with Crippen LogP contribution in [0, 0.1) is 0 Å². The predicted molar refractivity (Wildman–Crippen MR) is 110 cm³/mol. The molecule has 3 N–H and O–H groups in total. The Morgan fingerprint density at radius 3 is 2.65 bits per heavy atom. The van der Waals surface area contributed by atoms with E-state index < -0.39 is 17.8 Å². The third kappa shape index (κ3) is 4.64. The lowest BCUT2D eigenvalue weighted by Crippen LogP contribution is -2.31. The van der Waals surface area contributed by atoms with Crippen molar-refractivity contribution >= 4 is 34.2 Å². The Morgan fingerprint density at radius 2 is 1.90 bits per heavy atom. The molecule has 0 aliphatic carbocycles. The maximum atomic E-state index is 13.5. The first kappa shape index (κ1) is 20.7. The molecule has 11 heteroatoms. The number of carbonyl (C=O) groups is 1. The molecule has 0 atom stereocenters. The molecular formula is C20H16ClF3N6O. The largest absolute Gasteiger partial charge is 0.418 e. The molecule has 31 heavy (non-hydrogen) atoms. The van der Waals surface area contributed by atoms with Crippen molar-refractivity contribution in [1.82, 2.24) is 25.3 Å². The monoisotopic (exact) mass is 448 g/mol. The summed E-state index contributed by atoms with van der Waals surface area (Å²) in [4.78, 5) is 16.4. The number of nitrogens with zero attached hydrogens (tertiary/aromatic N) is 3. The number of amides is 2. The molecule has 2 amide bonds. The average molecular weight is 449 g/mol. The highest BCUT2D eigenvalue weighted by Gasteiger charge is 2.34. The first-order valence-electron chi connectivity index (χ1n) is 9.19. The summed E-state index contributed by atoms with van der Waals surface area (Å²) in [5.41, 5.74) is 0.601. The average Bonchev–Trinajstić information content (AvgIpc) is 3.38. The third-order valence-corrected chi connectivity index (χ3v) is 4.85. The molecule has 4 aromatic rings. The second-order valence-corrected chi connectivity index (χ2v) is 7.12. The van der Waals surface area contributed by atoms with Gasteiger partial charge in [-0.15, -0.1) is 0 Å². The topological polar surface area (TPSA) is 87.6 Å². The number of nitrogens with one attached hydrogen (secondary N) is 3. The van der Waals surface area contributed by atoms with Gasteiger partial charge in [-0.3, -0.25) is 0 Å². The summed E-state index contributed by atoms with van der Waals surface area (Å²) in [5, 5.41) is 14.1. The predicted octanol–water partition coefficient (Wildman–Crippen LogP) is 4.79. The molecule has 0 bridgehead atoms. The Kier molecular flexibility index (Phi) is 5.55. The van der Waals surface area contributed by atoms with Crippen molar-refractivity contribution in [1.29, 1.82) is 0 Å². The molecule has 7 nitrogen and oxygen atoms in total. The summed E-state index contributed by atoms with van der Waals surface area (Å²) in [6, 6.07) is 8.14. The van der Waals surface area contributed by atoms with E-state index >= 15 is 0 Å². The van der Waals surface area contributed by atoms with Crippen molar-refractivity contribution in [2.75, 3.05) is 11.9 Å². The molecule has 0 radical (unpaired) electrons. The lowest BCUT2D eigenvalue weighted by atomic mass is 10.1. The van der Waals surface area contributed by atoms with Crippen LogP contribution in [0.3, 0.4) is 0 Å². The minimum absolute atomic E-state index is 0.128. The van der Waals surface area contributed by atoms with E-state index in [1.807, 2.05) is 12.3 Å².